The summed E-state index contributed by atoms with van der Waals surface area (Å²) in [7, 11) is 0. The summed E-state index contributed by atoms with van der Waals surface area (Å²) in [6.07, 6.45) is 9.86. The Morgan fingerprint density at radius 1 is 0.933 bits per heavy atom. The minimum Gasteiger partial charge on any atom is -0.492 e. The predicted octanol–water partition coefficient (Wildman–Crippen LogP) is 5.86. The van der Waals surface area contributed by atoms with E-state index in [0.717, 1.165) is 74.4 Å². The number of aryl methyl sites for hydroxylation is 1. The van der Waals surface area contributed by atoms with Gasteiger partial charge in [0.2, 0.25) is 0 Å². The topological polar surface area (TPSA) is 42.7 Å². The molecule has 3 rings (SSSR count). The molecule has 0 amide bonds. The lowest BCUT2D eigenvalue weighted by Crippen LogP contribution is -2.28. The maximum absolute atomic E-state index is 12.8. The molecule has 0 saturated heterocycles. The SMILES string of the molecule is CCCCN(CCCC)CCCOc1c2c(oc(=O)c1-c1ccccc1)CCCC2. The molecule has 0 radical (unpaired) electrons. The molecule has 30 heavy (non-hydrogen) atoms. The zero-order chi connectivity index (χ0) is 21.2. The van der Waals surface area contributed by atoms with Crippen LogP contribution in [0.2, 0.25) is 0 Å². The number of benzene rings is 1. The van der Waals surface area contributed by atoms with E-state index in [4.69, 9.17) is 9.15 Å². The van der Waals surface area contributed by atoms with Gasteiger partial charge in [-0.05, 0) is 57.2 Å². The van der Waals surface area contributed by atoms with Crippen molar-refractivity contribution in [1.29, 1.82) is 0 Å². The van der Waals surface area contributed by atoms with Gasteiger partial charge in [-0.25, -0.2) is 4.79 Å². The van der Waals surface area contributed by atoms with Crippen molar-refractivity contribution in [2.45, 2.75) is 71.6 Å². The quantitative estimate of drug-likeness (QED) is 0.411. The second-order valence-corrected chi connectivity index (χ2v) is 8.32. The number of hydrogen-bond acceptors (Lipinski definition) is 4. The smallest absolute Gasteiger partial charge is 0.347 e. The third-order valence-electron chi connectivity index (χ3n) is 5.92. The molecule has 0 aliphatic heterocycles. The van der Waals surface area contributed by atoms with E-state index in [1.807, 2.05) is 30.3 Å². The standard InChI is InChI=1S/C26H37NO3/c1-3-5-17-27(18-6-4-2)19-12-20-29-25-22-15-10-11-16-23(22)30-26(28)24(25)21-13-8-7-9-14-21/h7-9,13-14H,3-6,10-12,15-20H2,1-2H3. The van der Waals surface area contributed by atoms with E-state index in [2.05, 4.69) is 18.7 Å². The first kappa shape index (κ1) is 22.6. The highest BCUT2D eigenvalue weighted by atomic mass is 16.5. The lowest BCUT2D eigenvalue weighted by molar-refractivity contribution is 0.227. The molecular weight excluding hydrogens is 374 g/mol. The van der Waals surface area contributed by atoms with Gasteiger partial charge in [-0.2, -0.15) is 0 Å². The molecule has 1 aromatic heterocycles. The third kappa shape index (κ3) is 5.98. The molecule has 1 heterocycles. The largest absolute Gasteiger partial charge is 0.492 e. The van der Waals surface area contributed by atoms with Crippen molar-refractivity contribution in [3.63, 3.8) is 0 Å². The molecule has 4 heteroatoms. The lowest BCUT2D eigenvalue weighted by Gasteiger charge is -2.23. The Hall–Kier alpha value is -2.07. The van der Waals surface area contributed by atoms with Crippen molar-refractivity contribution in [2.24, 2.45) is 0 Å². The van der Waals surface area contributed by atoms with Crippen molar-refractivity contribution in [3.8, 4) is 16.9 Å². The lowest BCUT2D eigenvalue weighted by atomic mass is 9.93. The van der Waals surface area contributed by atoms with Gasteiger partial charge in [-0.3, -0.25) is 0 Å². The van der Waals surface area contributed by atoms with Crippen molar-refractivity contribution in [2.75, 3.05) is 26.2 Å². The highest BCUT2D eigenvalue weighted by Gasteiger charge is 2.24. The Balaban J connectivity index is 1.74. The summed E-state index contributed by atoms with van der Waals surface area (Å²) in [5.41, 5.74) is 2.30. The van der Waals surface area contributed by atoms with E-state index < -0.39 is 0 Å². The fraction of sp³-hybridized carbons (Fsp3) is 0.577. The average Bonchev–Trinajstić information content (AvgIpc) is 2.78. The van der Waals surface area contributed by atoms with Crippen LogP contribution >= 0.6 is 0 Å². The summed E-state index contributed by atoms with van der Waals surface area (Å²) in [5, 5.41) is 0. The second-order valence-electron chi connectivity index (χ2n) is 8.32. The number of rotatable bonds is 12. The number of unbranched alkanes of at least 4 members (excludes halogenated alkanes) is 2. The number of hydrogen-bond donors (Lipinski definition) is 0. The molecule has 0 atom stereocenters. The predicted molar refractivity (Wildman–Crippen MR) is 123 cm³/mol. The minimum atomic E-state index is -0.274. The van der Waals surface area contributed by atoms with Crippen molar-refractivity contribution in [1.82, 2.24) is 4.90 Å². The van der Waals surface area contributed by atoms with Crippen LogP contribution in [-0.2, 0) is 12.8 Å². The van der Waals surface area contributed by atoms with E-state index in [9.17, 15) is 4.79 Å². The molecule has 1 aliphatic carbocycles. The molecule has 164 valence electrons. The van der Waals surface area contributed by atoms with Gasteiger partial charge in [0.15, 0.2) is 0 Å². The maximum atomic E-state index is 12.8. The van der Waals surface area contributed by atoms with Crippen LogP contribution in [0, 0.1) is 0 Å². The van der Waals surface area contributed by atoms with Crippen LogP contribution < -0.4 is 10.4 Å². The molecule has 1 aromatic carbocycles. The Bertz CT molecular complexity index is 820. The molecule has 4 nitrogen and oxygen atoms in total. The van der Waals surface area contributed by atoms with E-state index in [-0.39, 0.29) is 5.63 Å². The second kappa shape index (κ2) is 11.9. The molecule has 0 spiro atoms. The van der Waals surface area contributed by atoms with E-state index in [1.165, 1.54) is 25.7 Å². The van der Waals surface area contributed by atoms with Gasteiger partial charge in [0.25, 0.3) is 0 Å². The Morgan fingerprint density at radius 3 is 2.30 bits per heavy atom. The first-order chi connectivity index (χ1) is 14.7. The summed E-state index contributed by atoms with van der Waals surface area (Å²) < 4.78 is 12.1. The fourth-order valence-corrected chi connectivity index (χ4v) is 4.21. The molecule has 2 aromatic rings. The summed E-state index contributed by atoms with van der Waals surface area (Å²) in [5.74, 6) is 1.59. The van der Waals surface area contributed by atoms with Gasteiger partial charge in [0.05, 0.1) is 6.61 Å². The summed E-state index contributed by atoms with van der Waals surface area (Å²) in [4.78, 5) is 15.4. The fourth-order valence-electron chi connectivity index (χ4n) is 4.21. The van der Waals surface area contributed by atoms with Crippen molar-refractivity contribution in [3.05, 3.63) is 52.1 Å². The number of nitrogens with zero attached hydrogens (tertiary/aromatic N) is 1. The van der Waals surface area contributed by atoms with Gasteiger partial charge >= 0.3 is 5.63 Å². The van der Waals surface area contributed by atoms with E-state index in [0.29, 0.717) is 12.2 Å². The van der Waals surface area contributed by atoms with E-state index >= 15 is 0 Å². The van der Waals surface area contributed by atoms with Gasteiger partial charge in [-0.15, -0.1) is 0 Å². The molecule has 0 bridgehead atoms. The Labute approximate surface area is 181 Å². The van der Waals surface area contributed by atoms with Crippen LogP contribution in [0.5, 0.6) is 5.75 Å². The third-order valence-corrected chi connectivity index (χ3v) is 5.92. The van der Waals surface area contributed by atoms with Crippen LogP contribution in [0.3, 0.4) is 0 Å². The molecule has 0 N–H and O–H groups in total. The van der Waals surface area contributed by atoms with Crippen molar-refractivity contribution >= 4 is 0 Å². The summed E-state index contributed by atoms with van der Waals surface area (Å²) >= 11 is 0. The summed E-state index contributed by atoms with van der Waals surface area (Å²) in [6, 6.07) is 9.80. The molecule has 1 aliphatic rings. The normalized spacial score (nSPS) is 13.4. The number of ether oxygens (including phenoxy) is 1. The monoisotopic (exact) mass is 411 g/mol. The van der Waals surface area contributed by atoms with Crippen molar-refractivity contribution < 1.29 is 9.15 Å². The van der Waals surface area contributed by atoms with Crippen LogP contribution in [0.15, 0.2) is 39.5 Å². The van der Waals surface area contributed by atoms with Crippen LogP contribution in [-0.4, -0.2) is 31.1 Å². The van der Waals surface area contributed by atoms with Crippen LogP contribution in [0.4, 0.5) is 0 Å². The van der Waals surface area contributed by atoms with Gasteiger partial charge in [0.1, 0.15) is 17.1 Å². The van der Waals surface area contributed by atoms with E-state index in [1.54, 1.807) is 0 Å². The Kier molecular flexibility index (Phi) is 9.00. The average molecular weight is 412 g/mol. The molecule has 0 fully saturated rings. The molecule has 0 saturated carbocycles. The van der Waals surface area contributed by atoms with Crippen LogP contribution in [0.1, 0.15) is 70.1 Å². The highest BCUT2D eigenvalue weighted by molar-refractivity contribution is 5.71. The first-order valence-corrected chi connectivity index (χ1v) is 11.8. The molecular formula is C26H37NO3. The zero-order valence-corrected chi connectivity index (χ0v) is 18.8. The molecule has 0 unspecified atom stereocenters. The van der Waals surface area contributed by atoms with Gasteiger partial charge < -0.3 is 14.1 Å². The Morgan fingerprint density at radius 2 is 1.60 bits per heavy atom. The van der Waals surface area contributed by atoms with Gasteiger partial charge in [0, 0.05) is 18.5 Å². The van der Waals surface area contributed by atoms with Crippen LogP contribution in [0.25, 0.3) is 11.1 Å². The number of fused-ring (bicyclic) bond motifs is 1. The highest BCUT2D eigenvalue weighted by Crippen LogP contribution is 2.36. The first-order valence-electron chi connectivity index (χ1n) is 11.8. The maximum Gasteiger partial charge on any atom is 0.347 e. The zero-order valence-electron chi connectivity index (χ0n) is 18.8. The minimum absolute atomic E-state index is 0.274. The van der Waals surface area contributed by atoms with Gasteiger partial charge in [-0.1, -0.05) is 57.0 Å². The summed E-state index contributed by atoms with van der Waals surface area (Å²) in [6.45, 7) is 8.49.